The molecule has 78 valence electrons. The lowest BCUT2D eigenvalue weighted by molar-refractivity contribution is 0.378. The smallest absolute Gasteiger partial charge is 0.176 e. The van der Waals surface area contributed by atoms with Gasteiger partial charge in [-0.25, -0.2) is 4.39 Å². The van der Waals surface area contributed by atoms with Crippen LogP contribution >= 0.6 is 11.6 Å². The first kappa shape index (κ1) is 11.1. The molecule has 0 saturated heterocycles. The Morgan fingerprint density at radius 2 is 2.21 bits per heavy atom. The summed E-state index contributed by atoms with van der Waals surface area (Å²) in [5.74, 6) is -1.05. The number of halogens is 2. The van der Waals surface area contributed by atoms with E-state index in [-0.39, 0.29) is 22.1 Å². The largest absolute Gasteiger partial charge is 0.506 e. The summed E-state index contributed by atoms with van der Waals surface area (Å²) in [6, 6.07) is 0.623. The number of ether oxygens (including phenoxy) is 1. The topological polar surface area (TPSA) is 55.5 Å². The number of nitrogens with two attached hydrogens (primary N) is 1. The molecule has 3 nitrogen and oxygen atoms in total. The van der Waals surface area contributed by atoms with Gasteiger partial charge in [-0.2, -0.15) is 0 Å². The quantitative estimate of drug-likeness (QED) is 0.802. The van der Waals surface area contributed by atoms with Crippen LogP contribution in [0.5, 0.6) is 11.5 Å². The monoisotopic (exact) mass is 219 g/mol. The minimum Gasteiger partial charge on any atom is -0.506 e. The highest BCUT2D eigenvalue weighted by Gasteiger charge is 2.18. The summed E-state index contributed by atoms with van der Waals surface area (Å²) >= 11 is 5.68. The van der Waals surface area contributed by atoms with E-state index in [9.17, 15) is 9.50 Å². The van der Waals surface area contributed by atoms with Gasteiger partial charge in [0.05, 0.1) is 7.11 Å². The average Bonchev–Trinajstić information content (AvgIpc) is 2.12. The Morgan fingerprint density at radius 3 is 2.64 bits per heavy atom. The second-order valence-electron chi connectivity index (χ2n) is 2.93. The van der Waals surface area contributed by atoms with Crippen LogP contribution < -0.4 is 10.5 Å². The molecule has 0 bridgehead atoms. The van der Waals surface area contributed by atoms with Crippen LogP contribution in [0.25, 0.3) is 0 Å². The van der Waals surface area contributed by atoms with Crippen molar-refractivity contribution < 1.29 is 14.2 Å². The van der Waals surface area contributed by atoms with Gasteiger partial charge in [-0.1, -0.05) is 11.6 Å². The van der Waals surface area contributed by atoms with Gasteiger partial charge in [0.1, 0.15) is 10.8 Å². The van der Waals surface area contributed by atoms with E-state index in [1.165, 1.54) is 7.11 Å². The number of rotatable bonds is 2. The Labute approximate surface area is 86.2 Å². The van der Waals surface area contributed by atoms with Gasteiger partial charge in [0.15, 0.2) is 11.6 Å². The number of benzene rings is 1. The Kier molecular flexibility index (Phi) is 3.18. The normalized spacial score (nSPS) is 12.6. The first-order valence-electron chi connectivity index (χ1n) is 3.99. The van der Waals surface area contributed by atoms with Gasteiger partial charge in [-0.15, -0.1) is 0 Å². The van der Waals surface area contributed by atoms with E-state index in [1.807, 2.05) is 0 Å². The Hall–Kier alpha value is -1.00. The molecule has 0 radical (unpaired) electrons. The van der Waals surface area contributed by atoms with Gasteiger partial charge in [-0.3, -0.25) is 0 Å². The Bertz CT molecular complexity index is 355. The maximum absolute atomic E-state index is 13.3. The second kappa shape index (κ2) is 4.02. The molecule has 1 aromatic rings. The summed E-state index contributed by atoms with van der Waals surface area (Å²) in [6.45, 7) is 1.62. The zero-order valence-corrected chi connectivity index (χ0v) is 8.60. The number of hydrogen-bond donors (Lipinski definition) is 2. The van der Waals surface area contributed by atoms with Crippen LogP contribution in [-0.2, 0) is 0 Å². The predicted molar refractivity (Wildman–Crippen MR) is 52.2 cm³/mol. The van der Waals surface area contributed by atoms with Crippen molar-refractivity contribution in [1.29, 1.82) is 0 Å². The molecule has 0 amide bonds. The van der Waals surface area contributed by atoms with Gasteiger partial charge in [0, 0.05) is 11.6 Å². The molecule has 0 saturated carbocycles. The molecule has 0 fully saturated rings. The van der Waals surface area contributed by atoms with E-state index in [0.29, 0.717) is 0 Å². The molecule has 5 heteroatoms. The number of phenolic OH excluding ortho intramolecular Hbond substituents is 1. The van der Waals surface area contributed by atoms with E-state index >= 15 is 0 Å². The first-order chi connectivity index (χ1) is 6.49. The fourth-order valence-electron chi connectivity index (χ4n) is 1.14. The lowest BCUT2D eigenvalue weighted by Crippen LogP contribution is -2.06. The van der Waals surface area contributed by atoms with Crippen molar-refractivity contribution in [3.8, 4) is 11.5 Å². The minimum atomic E-state index is -0.636. The van der Waals surface area contributed by atoms with Gasteiger partial charge in [0.2, 0.25) is 0 Å². The second-order valence-corrected chi connectivity index (χ2v) is 3.31. The summed E-state index contributed by atoms with van der Waals surface area (Å²) in [5.41, 5.74) is 5.78. The minimum absolute atomic E-state index is 0.153. The third-order valence-corrected chi connectivity index (χ3v) is 2.23. The fourth-order valence-corrected chi connectivity index (χ4v) is 1.42. The van der Waals surface area contributed by atoms with Crippen LogP contribution in [0.4, 0.5) is 4.39 Å². The molecule has 1 unspecified atom stereocenters. The summed E-state index contributed by atoms with van der Waals surface area (Å²) in [7, 11) is 1.27. The number of methoxy groups -OCH3 is 1. The highest BCUT2D eigenvalue weighted by molar-refractivity contribution is 6.33. The third kappa shape index (κ3) is 1.76. The van der Waals surface area contributed by atoms with E-state index in [0.717, 1.165) is 6.07 Å². The number of phenols is 1. The molecule has 3 N–H and O–H groups in total. The molecule has 0 spiro atoms. The molecule has 1 atom stereocenters. The molecule has 14 heavy (non-hydrogen) atoms. The molecule has 0 heterocycles. The zero-order chi connectivity index (χ0) is 10.9. The number of aromatic hydroxyl groups is 1. The highest BCUT2D eigenvalue weighted by Crippen LogP contribution is 2.39. The molecular weight excluding hydrogens is 209 g/mol. The fraction of sp³-hybridized carbons (Fsp3) is 0.333. The van der Waals surface area contributed by atoms with Crippen molar-refractivity contribution >= 4 is 11.6 Å². The standard InChI is InChI=1S/C9H11ClFNO2/c1-4(12)5-3-6(11)9(14-2)7(10)8(5)13/h3-4,13H,12H2,1-2H3. The van der Waals surface area contributed by atoms with Crippen molar-refractivity contribution in [2.75, 3.05) is 7.11 Å². The predicted octanol–water partition coefficient (Wildman–Crippen LogP) is 2.21. The maximum atomic E-state index is 13.3. The zero-order valence-electron chi connectivity index (χ0n) is 7.84. The van der Waals surface area contributed by atoms with Crippen molar-refractivity contribution in [2.45, 2.75) is 13.0 Å². The third-order valence-electron chi connectivity index (χ3n) is 1.87. The Morgan fingerprint density at radius 1 is 1.64 bits per heavy atom. The van der Waals surface area contributed by atoms with Crippen LogP contribution in [0.15, 0.2) is 6.07 Å². The SMILES string of the molecule is COc1c(F)cc(C(C)N)c(O)c1Cl. The van der Waals surface area contributed by atoms with E-state index in [2.05, 4.69) is 4.74 Å². The van der Waals surface area contributed by atoms with Crippen molar-refractivity contribution in [1.82, 2.24) is 0 Å². The van der Waals surface area contributed by atoms with Crippen LogP contribution in [0, 0.1) is 5.82 Å². The van der Waals surface area contributed by atoms with Gasteiger partial charge in [-0.05, 0) is 13.0 Å². The van der Waals surface area contributed by atoms with Crippen LogP contribution in [0.1, 0.15) is 18.5 Å². The lowest BCUT2D eigenvalue weighted by Gasteiger charge is -2.13. The molecular formula is C9H11ClFNO2. The van der Waals surface area contributed by atoms with Gasteiger partial charge < -0.3 is 15.6 Å². The molecule has 1 rings (SSSR count). The average molecular weight is 220 g/mol. The van der Waals surface area contributed by atoms with Crippen molar-refractivity contribution in [2.24, 2.45) is 5.73 Å². The first-order valence-corrected chi connectivity index (χ1v) is 4.37. The summed E-state index contributed by atoms with van der Waals surface area (Å²) in [4.78, 5) is 0. The van der Waals surface area contributed by atoms with Crippen LogP contribution in [0.2, 0.25) is 5.02 Å². The van der Waals surface area contributed by atoms with E-state index in [1.54, 1.807) is 6.92 Å². The Balaban J connectivity index is 3.40. The molecule has 1 aromatic carbocycles. The van der Waals surface area contributed by atoms with E-state index in [4.69, 9.17) is 17.3 Å². The van der Waals surface area contributed by atoms with Crippen LogP contribution in [0.3, 0.4) is 0 Å². The number of hydrogen-bond acceptors (Lipinski definition) is 3. The van der Waals surface area contributed by atoms with Gasteiger partial charge in [0.25, 0.3) is 0 Å². The van der Waals surface area contributed by atoms with Crippen LogP contribution in [-0.4, -0.2) is 12.2 Å². The molecule has 0 aliphatic rings. The van der Waals surface area contributed by atoms with E-state index < -0.39 is 11.9 Å². The molecule has 0 aliphatic carbocycles. The van der Waals surface area contributed by atoms with Gasteiger partial charge >= 0.3 is 0 Å². The highest BCUT2D eigenvalue weighted by atomic mass is 35.5. The summed E-state index contributed by atoms with van der Waals surface area (Å²) < 4.78 is 18.0. The summed E-state index contributed by atoms with van der Waals surface area (Å²) in [5, 5.41) is 9.39. The van der Waals surface area contributed by atoms with Crippen molar-refractivity contribution in [3.63, 3.8) is 0 Å². The lowest BCUT2D eigenvalue weighted by atomic mass is 10.1. The molecule has 0 aromatic heterocycles. The molecule has 0 aliphatic heterocycles. The van der Waals surface area contributed by atoms with Crippen molar-refractivity contribution in [3.05, 3.63) is 22.5 Å². The summed E-state index contributed by atoms with van der Waals surface area (Å²) in [6.07, 6.45) is 0. The maximum Gasteiger partial charge on any atom is 0.176 e.